The molecule has 3 unspecified atom stereocenters. The molecule has 1 aromatic carbocycles. The number of hydrogen-bond donors (Lipinski definition) is 3. The second-order valence-corrected chi connectivity index (χ2v) is 10.5. The number of ether oxygens (including phenoxy) is 1. The van der Waals surface area contributed by atoms with Crippen molar-refractivity contribution in [3.8, 4) is 0 Å². The van der Waals surface area contributed by atoms with Gasteiger partial charge in [-0.15, -0.1) is 0 Å². The molecule has 0 aromatic heterocycles. The third kappa shape index (κ3) is 4.98. The number of benzene rings is 1. The van der Waals surface area contributed by atoms with Gasteiger partial charge in [0.15, 0.2) is 0 Å². The van der Waals surface area contributed by atoms with E-state index in [1.165, 1.54) is 6.07 Å². The summed E-state index contributed by atoms with van der Waals surface area (Å²) in [6.07, 6.45) is -1.13. The van der Waals surface area contributed by atoms with Crippen LogP contribution in [-0.2, 0) is 22.3 Å². The second kappa shape index (κ2) is 9.76. The van der Waals surface area contributed by atoms with Gasteiger partial charge in [-0.3, -0.25) is 9.69 Å². The van der Waals surface area contributed by atoms with E-state index in [-0.39, 0.29) is 25.0 Å². The number of halogens is 3. The van der Waals surface area contributed by atoms with Crippen molar-refractivity contribution in [3.05, 3.63) is 34.9 Å². The van der Waals surface area contributed by atoms with Gasteiger partial charge in [-0.1, -0.05) is 19.9 Å². The van der Waals surface area contributed by atoms with Crippen LogP contribution in [-0.4, -0.2) is 59.2 Å². The molecule has 3 N–H and O–H groups in total. The number of aliphatic hydroxyl groups is 1. The number of carboxylic acid groups (broad SMARTS) is 1. The lowest BCUT2D eigenvalue weighted by atomic mass is 9.72. The van der Waals surface area contributed by atoms with E-state index in [0.717, 1.165) is 57.5 Å². The van der Waals surface area contributed by atoms with Crippen molar-refractivity contribution in [2.75, 3.05) is 19.8 Å². The molecule has 0 amide bonds. The Morgan fingerprint density at radius 3 is 2.53 bits per heavy atom. The van der Waals surface area contributed by atoms with Crippen LogP contribution in [0.1, 0.15) is 68.6 Å². The second-order valence-electron chi connectivity index (χ2n) is 10.5. The lowest BCUT2D eigenvalue weighted by Crippen LogP contribution is -2.53. The lowest BCUT2D eigenvalue weighted by molar-refractivity contribution is -0.146. The maximum absolute atomic E-state index is 13.3. The Labute approximate surface area is 198 Å². The fourth-order valence-electron chi connectivity index (χ4n) is 6.14. The van der Waals surface area contributed by atoms with Crippen LogP contribution >= 0.6 is 0 Å². The van der Waals surface area contributed by atoms with Crippen molar-refractivity contribution in [2.45, 2.75) is 82.9 Å². The third-order valence-electron chi connectivity index (χ3n) is 8.22. The number of nitrogens with zero attached hydrogens (tertiary/aromatic N) is 1. The zero-order valence-electron chi connectivity index (χ0n) is 19.8. The molecule has 1 aliphatic carbocycles. The number of rotatable bonds is 6. The maximum Gasteiger partial charge on any atom is 0.416 e. The summed E-state index contributed by atoms with van der Waals surface area (Å²) in [6, 6.07) is 3.89. The van der Waals surface area contributed by atoms with Crippen molar-refractivity contribution in [1.29, 1.82) is 0 Å². The molecule has 6 nitrogen and oxygen atoms in total. The van der Waals surface area contributed by atoms with Crippen LogP contribution in [0.25, 0.3) is 0 Å². The molecule has 1 saturated carbocycles. The van der Waals surface area contributed by atoms with Crippen molar-refractivity contribution < 1.29 is 32.9 Å². The number of aliphatic carboxylic acids is 1. The van der Waals surface area contributed by atoms with E-state index in [1.807, 2.05) is 0 Å². The monoisotopic (exact) mass is 484 g/mol. The molecule has 3 aliphatic rings. The normalized spacial score (nSPS) is 29.9. The van der Waals surface area contributed by atoms with Gasteiger partial charge in [-0.05, 0) is 61.3 Å². The average Bonchev–Trinajstić information content (AvgIpc) is 3.22. The summed E-state index contributed by atoms with van der Waals surface area (Å²) in [5.41, 5.74) is -0.549. The van der Waals surface area contributed by atoms with E-state index in [9.17, 15) is 28.2 Å². The lowest BCUT2D eigenvalue weighted by Gasteiger charge is -2.46. The summed E-state index contributed by atoms with van der Waals surface area (Å²) in [7, 11) is 0. The molecule has 2 fully saturated rings. The van der Waals surface area contributed by atoms with Gasteiger partial charge in [-0.25, -0.2) is 0 Å². The average molecular weight is 485 g/mol. The highest BCUT2D eigenvalue weighted by Crippen LogP contribution is 2.49. The van der Waals surface area contributed by atoms with Crippen LogP contribution in [0.4, 0.5) is 13.2 Å². The molecule has 1 aromatic rings. The fraction of sp³-hybridized carbons (Fsp3) is 0.720. The number of hydrogen-bond acceptors (Lipinski definition) is 5. The molecule has 4 atom stereocenters. The molecule has 2 aliphatic heterocycles. The van der Waals surface area contributed by atoms with Crippen molar-refractivity contribution >= 4 is 5.97 Å². The molecular formula is C25H35F3N2O4. The Kier molecular flexibility index (Phi) is 7.29. The minimum absolute atomic E-state index is 0.0708. The number of carboxylic acids is 1. The van der Waals surface area contributed by atoms with Gasteiger partial charge in [0.1, 0.15) is 6.23 Å². The summed E-state index contributed by atoms with van der Waals surface area (Å²) in [4.78, 5) is 13.7. The van der Waals surface area contributed by atoms with Crippen molar-refractivity contribution in [3.63, 3.8) is 0 Å². The first-order valence-electron chi connectivity index (χ1n) is 12.2. The van der Waals surface area contributed by atoms with Crippen molar-refractivity contribution in [1.82, 2.24) is 10.2 Å². The molecule has 0 radical (unpaired) electrons. The summed E-state index contributed by atoms with van der Waals surface area (Å²) in [5, 5.41) is 25.2. The maximum atomic E-state index is 13.3. The van der Waals surface area contributed by atoms with Gasteiger partial charge < -0.3 is 20.3 Å². The zero-order valence-corrected chi connectivity index (χ0v) is 19.8. The highest BCUT2D eigenvalue weighted by Gasteiger charge is 2.50. The fourth-order valence-corrected chi connectivity index (χ4v) is 6.14. The Bertz CT molecular complexity index is 887. The van der Waals surface area contributed by atoms with E-state index < -0.39 is 35.3 Å². The van der Waals surface area contributed by atoms with E-state index in [2.05, 4.69) is 19.2 Å². The zero-order chi connectivity index (χ0) is 24.7. The summed E-state index contributed by atoms with van der Waals surface area (Å²) in [6.45, 7) is 5.78. The summed E-state index contributed by atoms with van der Waals surface area (Å²) >= 11 is 0. The Hall–Kier alpha value is -1.68. The highest BCUT2D eigenvalue weighted by atomic mass is 19.4. The Morgan fingerprint density at radius 2 is 1.91 bits per heavy atom. The highest BCUT2D eigenvalue weighted by molar-refractivity contribution is 5.77. The Balaban J connectivity index is 1.56. The number of alkyl halides is 3. The first-order chi connectivity index (χ1) is 16.0. The largest absolute Gasteiger partial charge is 0.481 e. The van der Waals surface area contributed by atoms with Gasteiger partial charge >= 0.3 is 12.1 Å². The van der Waals surface area contributed by atoms with Gasteiger partial charge in [0, 0.05) is 43.8 Å². The van der Waals surface area contributed by atoms with Crippen LogP contribution in [0.15, 0.2) is 18.2 Å². The molecule has 190 valence electrons. The quantitative estimate of drug-likeness (QED) is 0.567. The molecule has 4 rings (SSSR count). The minimum Gasteiger partial charge on any atom is -0.481 e. The SMILES string of the molecule is CC(C)C1(C(O)N2Cc3cc(C(F)(F)F)ccc3C(C(=O)O)C2)CC[C@@H](NC2CCOCC2)C1. The van der Waals surface area contributed by atoms with Crippen LogP contribution < -0.4 is 5.32 Å². The summed E-state index contributed by atoms with van der Waals surface area (Å²) < 4.78 is 45.4. The van der Waals surface area contributed by atoms with E-state index in [4.69, 9.17) is 4.74 Å². The Morgan fingerprint density at radius 1 is 1.21 bits per heavy atom. The molecule has 0 spiro atoms. The van der Waals surface area contributed by atoms with Crippen LogP contribution in [0.5, 0.6) is 0 Å². The standard InChI is InChI=1S/C25H35F3N2O4/c1-15(2)24(8-5-19(12-24)29-18-6-9-34-10-7-18)23(33)30-13-16-11-17(25(26,27)28)3-4-20(16)21(14-30)22(31)32/h3-4,11,15,18-19,21,23,29,33H,5-10,12-14H2,1-2H3,(H,31,32)/t19-,21?,23?,24?/m1/s1. The van der Waals surface area contributed by atoms with E-state index in [0.29, 0.717) is 17.2 Å². The topological polar surface area (TPSA) is 82.0 Å². The van der Waals surface area contributed by atoms with Gasteiger partial charge in [-0.2, -0.15) is 13.2 Å². The van der Waals surface area contributed by atoms with Crippen molar-refractivity contribution in [2.24, 2.45) is 11.3 Å². The summed E-state index contributed by atoms with van der Waals surface area (Å²) in [5.74, 6) is -1.96. The molecule has 0 bridgehead atoms. The predicted octanol–water partition coefficient (Wildman–Crippen LogP) is 3.97. The van der Waals surface area contributed by atoms with Crippen LogP contribution in [0.2, 0.25) is 0 Å². The minimum atomic E-state index is -4.51. The van der Waals surface area contributed by atoms with E-state index in [1.54, 1.807) is 4.90 Å². The number of fused-ring (bicyclic) bond motifs is 1. The van der Waals surface area contributed by atoms with Crippen LogP contribution in [0.3, 0.4) is 0 Å². The first kappa shape index (κ1) is 25.4. The van der Waals surface area contributed by atoms with Gasteiger partial charge in [0.2, 0.25) is 0 Å². The number of aliphatic hydroxyl groups excluding tert-OH is 1. The first-order valence-corrected chi connectivity index (χ1v) is 12.2. The molecule has 1 saturated heterocycles. The van der Waals surface area contributed by atoms with Gasteiger partial charge in [0.25, 0.3) is 0 Å². The molecular weight excluding hydrogens is 449 g/mol. The van der Waals surface area contributed by atoms with Crippen LogP contribution in [0, 0.1) is 11.3 Å². The van der Waals surface area contributed by atoms with E-state index >= 15 is 0 Å². The molecule has 34 heavy (non-hydrogen) atoms. The molecule has 9 heteroatoms. The number of carbonyl (C=O) groups is 1. The smallest absolute Gasteiger partial charge is 0.416 e. The molecule has 2 heterocycles. The van der Waals surface area contributed by atoms with Gasteiger partial charge in [0.05, 0.1) is 11.5 Å². The number of nitrogens with one attached hydrogen (secondary N) is 1. The third-order valence-corrected chi connectivity index (χ3v) is 8.22. The predicted molar refractivity (Wildman–Crippen MR) is 120 cm³/mol.